The van der Waals surface area contributed by atoms with Gasteiger partial charge in [-0.3, -0.25) is 0 Å². The Kier molecular flexibility index (Phi) is 5.61. The van der Waals surface area contributed by atoms with Crippen LogP contribution in [0.15, 0.2) is 18.5 Å². The van der Waals surface area contributed by atoms with Crippen molar-refractivity contribution >= 4 is 17.3 Å². The van der Waals surface area contributed by atoms with E-state index in [1.54, 1.807) is 0 Å². The summed E-state index contributed by atoms with van der Waals surface area (Å²) in [7, 11) is 0. The zero-order valence-corrected chi connectivity index (χ0v) is 15.6. The van der Waals surface area contributed by atoms with Crippen molar-refractivity contribution in [2.45, 2.75) is 52.9 Å². The van der Waals surface area contributed by atoms with Crippen LogP contribution < -0.4 is 4.90 Å². The summed E-state index contributed by atoms with van der Waals surface area (Å²) in [4.78, 5) is 19.4. The minimum atomic E-state index is -0.258. The lowest BCUT2D eigenvalue weighted by atomic mass is 9.99. The van der Waals surface area contributed by atoms with Crippen molar-refractivity contribution in [1.29, 1.82) is 0 Å². The van der Waals surface area contributed by atoms with E-state index in [4.69, 9.17) is 4.74 Å². The topological polar surface area (TPSA) is 46.8 Å². The molecule has 1 fully saturated rings. The number of rotatable bonds is 6. The van der Waals surface area contributed by atoms with Crippen LogP contribution in [0.5, 0.6) is 0 Å². The summed E-state index contributed by atoms with van der Waals surface area (Å²) in [5.74, 6) is 0.506. The van der Waals surface area contributed by atoms with Crippen molar-refractivity contribution in [1.82, 2.24) is 9.38 Å². The number of unbranched alkanes of at least 4 members (excludes halogenated alkanes) is 1. The van der Waals surface area contributed by atoms with Crippen LogP contribution in [0.4, 0.5) is 5.69 Å². The van der Waals surface area contributed by atoms with Crippen LogP contribution in [0.25, 0.3) is 5.65 Å². The van der Waals surface area contributed by atoms with Gasteiger partial charge in [-0.15, -0.1) is 0 Å². The number of carbonyl (C=O) groups is 1. The van der Waals surface area contributed by atoms with Gasteiger partial charge in [-0.1, -0.05) is 20.3 Å². The summed E-state index contributed by atoms with van der Waals surface area (Å²) >= 11 is 0. The number of anilines is 1. The third-order valence-electron chi connectivity index (χ3n) is 5.08. The number of hydrogen-bond donors (Lipinski definition) is 0. The van der Waals surface area contributed by atoms with Gasteiger partial charge in [0.15, 0.2) is 5.65 Å². The molecule has 3 heterocycles. The van der Waals surface area contributed by atoms with Gasteiger partial charge in [0.2, 0.25) is 0 Å². The van der Waals surface area contributed by atoms with Crippen molar-refractivity contribution in [3.63, 3.8) is 0 Å². The van der Waals surface area contributed by atoms with Crippen molar-refractivity contribution < 1.29 is 9.53 Å². The summed E-state index contributed by atoms with van der Waals surface area (Å²) in [6.45, 7) is 8.75. The number of carbonyl (C=O) groups excluding carboxylic acids is 1. The average Bonchev–Trinajstić information content (AvgIpc) is 3.03. The summed E-state index contributed by atoms with van der Waals surface area (Å²) in [5.41, 5.74) is 3.78. The molecule has 2 aromatic rings. The Balaban J connectivity index is 2.03. The molecule has 1 aliphatic heterocycles. The molecular formula is C20H29N3O2. The first-order valence-electron chi connectivity index (χ1n) is 9.56. The van der Waals surface area contributed by atoms with Gasteiger partial charge < -0.3 is 14.0 Å². The van der Waals surface area contributed by atoms with E-state index < -0.39 is 0 Å². The number of pyridine rings is 1. The highest BCUT2D eigenvalue weighted by Crippen LogP contribution is 2.29. The van der Waals surface area contributed by atoms with Gasteiger partial charge in [0.1, 0.15) is 0 Å². The minimum absolute atomic E-state index is 0.258. The second kappa shape index (κ2) is 7.89. The number of esters is 1. The molecular weight excluding hydrogens is 314 g/mol. The Morgan fingerprint density at radius 1 is 1.32 bits per heavy atom. The van der Waals surface area contributed by atoms with Gasteiger partial charge in [-0.05, 0) is 44.6 Å². The molecule has 0 aliphatic carbocycles. The summed E-state index contributed by atoms with van der Waals surface area (Å²) in [5, 5.41) is 0. The van der Waals surface area contributed by atoms with E-state index in [1.165, 1.54) is 12.8 Å². The quantitative estimate of drug-likeness (QED) is 0.741. The zero-order chi connectivity index (χ0) is 17.8. The first-order chi connectivity index (χ1) is 12.1. The average molecular weight is 343 g/mol. The van der Waals surface area contributed by atoms with E-state index in [9.17, 15) is 4.79 Å². The number of aryl methyl sites for hydroxylation is 1. The maximum absolute atomic E-state index is 12.3. The smallest absolute Gasteiger partial charge is 0.339 e. The zero-order valence-electron chi connectivity index (χ0n) is 15.6. The summed E-state index contributed by atoms with van der Waals surface area (Å²) in [6.07, 6.45) is 9.44. The molecule has 0 spiro atoms. The van der Waals surface area contributed by atoms with E-state index in [0.29, 0.717) is 12.2 Å². The van der Waals surface area contributed by atoms with E-state index in [1.807, 2.05) is 25.4 Å². The SMILES string of the molecule is CCCCc1cnc2c(N3CCC(C)CC3)cc(C(=O)OCC)cn12. The van der Waals surface area contributed by atoms with E-state index in [2.05, 4.69) is 28.1 Å². The van der Waals surface area contributed by atoms with Crippen LogP contribution in [-0.4, -0.2) is 35.1 Å². The number of fused-ring (bicyclic) bond motifs is 1. The molecule has 5 heteroatoms. The number of piperidine rings is 1. The molecule has 0 saturated carbocycles. The maximum atomic E-state index is 12.3. The third kappa shape index (κ3) is 3.80. The summed E-state index contributed by atoms with van der Waals surface area (Å²) in [6, 6.07) is 1.96. The lowest BCUT2D eigenvalue weighted by Crippen LogP contribution is -2.33. The molecule has 0 aromatic carbocycles. The van der Waals surface area contributed by atoms with Gasteiger partial charge in [0.05, 0.1) is 17.9 Å². The lowest BCUT2D eigenvalue weighted by Gasteiger charge is -2.32. The highest BCUT2D eigenvalue weighted by molar-refractivity contribution is 5.92. The molecule has 0 unspecified atom stereocenters. The van der Waals surface area contributed by atoms with Crippen molar-refractivity contribution in [2.75, 3.05) is 24.6 Å². The molecule has 0 N–H and O–H groups in total. The van der Waals surface area contributed by atoms with Crippen LogP contribution in [0.3, 0.4) is 0 Å². The van der Waals surface area contributed by atoms with Crippen molar-refractivity contribution in [2.24, 2.45) is 5.92 Å². The Morgan fingerprint density at radius 2 is 2.08 bits per heavy atom. The van der Waals surface area contributed by atoms with Gasteiger partial charge in [-0.2, -0.15) is 0 Å². The predicted molar refractivity (Wildman–Crippen MR) is 100 cm³/mol. The Labute approximate surface area is 150 Å². The number of aromatic nitrogens is 2. The number of nitrogens with zero attached hydrogens (tertiary/aromatic N) is 3. The van der Waals surface area contributed by atoms with Crippen molar-refractivity contribution in [3.05, 3.63) is 29.7 Å². The number of imidazole rings is 1. The van der Waals surface area contributed by atoms with Gasteiger partial charge in [0, 0.05) is 31.2 Å². The molecule has 0 bridgehead atoms. The Morgan fingerprint density at radius 3 is 2.76 bits per heavy atom. The predicted octanol–water partition coefficient (Wildman–Crippen LogP) is 4.09. The molecule has 3 rings (SSSR count). The molecule has 136 valence electrons. The van der Waals surface area contributed by atoms with Crippen LogP contribution in [0.1, 0.15) is 62.5 Å². The van der Waals surface area contributed by atoms with Crippen LogP contribution in [-0.2, 0) is 11.2 Å². The highest BCUT2D eigenvalue weighted by atomic mass is 16.5. The molecule has 1 saturated heterocycles. The molecule has 5 nitrogen and oxygen atoms in total. The first kappa shape index (κ1) is 17.8. The standard InChI is InChI=1S/C20H29N3O2/c1-4-6-7-17-13-21-19-18(22-10-8-15(3)9-11-22)12-16(14-23(17)19)20(24)25-5-2/h12-15H,4-11H2,1-3H3. The first-order valence-corrected chi connectivity index (χ1v) is 9.56. The van der Waals surface area contributed by atoms with Gasteiger partial charge >= 0.3 is 5.97 Å². The fourth-order valence-electron chi connectivity index (χ4n) is 3.47. The summed E-state index contributed by atoms with van der Waals surface area (Å²) < 4.78 is 7.34. The van der Waals surface area contributed by atoms with Gasteiger partial charge in [0.25, 0.3) is 0 Å². The molecule has 2 aromatic heterocycles. The minimum Gasteiger partial charge on any atom is -0.462 e. The number of hydrogen-bond acceptors (Lipinski definition) is 4. The Hall–Kier alpha value is -2.04. The molecule has 25 heavy (non-hydrogen) atoms. The highest BCUT2D eigenvalue weighted by Gasteiger charge is 2.22. The fraction of sp³-hybridized carbons (Fsp3) is 0.600. The van der Waals surface area contributed by atoms with E-state index >= 15 is 0 Å². The van der Waals surface area contributed by atoms with Crippen LogP contribution >= 0.6 is 0 Å². The normalized spacial score (nSPS) is 15.7. The molecule has 0 amide bonds. The van der Waals surface area contributed by atoms with Crippen LogP contribution in [0.2, 0.25) is 0 Å². The monoisotopic (exact) mass is 343 g/mol. The molecule has 0 radical (unpaired) electrons. The molecule has 1 aliphatic rings. The largest absolute Gasteiger partial charge is 0.462 e. The van der Waals surface area contributed by atoms with Crippen molar-refractivity contribution in [3.8, 4) is 0 Å². The fourth-order valence-corrected chi connectivity index (χ4v) is 3.47. The maximum Gasteiger partial charge on any atom is 0.339 e. The Bertz CT molecular complexity index is 730. The third-order valence-corrected chi connectivity index (χ3v) is 5.08. The number of ether oxygens (including phenoxy) is 1. The second-order valence-corrected chi connectivity index (χ2v) is 7.05. The van der Waals surface area contributed by atoms with E-state index in [0.717, 1.165) is 55.3 Å². The molecule has 0 atom stereocenters. The van der Waals surface area contributed by atoms with Crippen LogP contribution in [0, 0.1) is 5.92 Å². The van der Waals surface area contributed by atoms with Gasteiger partial charge in [-0.25, -0.2) is 9.78 Å². The second-order valence-electron chi connectivity index (χ2n) is 7.05. The lowest BCUT2D eigenvalue weighted by molar-refractivity contribution is 0.0526. The van der Waals surface area contributed by atoms with E-state index in [-0.39, 0.29) is 5.97 Å².